The number of aromatic nitrogens is 1. The van der Waals surface area contributed by atoms with Crippen molar-refractivity contribution in [1.29, 1.82) is 0 Å². The van der Waals surface area contributed by atoms with Crippen LogP contribution in [-0.4, -0.2) is 4.98 Å². The maximum atomic E-state index is 5.93. The Bertz CT molecular complexity index is 411. The number of allylic oxidation sites excluding steroid dienone is 2. The first kappa shape index (κ1) is 8.23. The lowest BCUT2D eigenvalue weighted by Crippen LogP contribution is -1.71. The van der Waals surface area contributed by atoms with E-state index >= 15 is 0 Å². The van der Waals surface area contributed by atoms with Gasteiger partial charge in [-0.3, -0.25) is 0 Å². The molecule has 0 unspecified atom stereocenters. The molecule has 0 atom stereocenters. The molecule has 0 aliphatic heterocycles. The summed E-state index contributed by atoms with van der Waals surface area (Å²) in [7, 11) is 0. The van der Waals surface area contributed by atoms with Gasteiger partial charge in [0.2, 0.25) is 0 Å². The molecule has 1 aliphatic rings. The Balaban J connectivity index is 2.63. The Morgan fingerprint density at radius 2 is 2.42 bits per heavy atom. The van der Waals surface area contributed by atoms with Crippen LogP contribution in [0.5, 0.6) is 0 Å². The minimum Gasteiger partial charge on any atom is -0.337 e. The monoisotopic (exact) mass is 215 g/mol. The number of fused-ring (bicyclic) bond motifs is 1. The van der Waals surface area contributed by atoms with Gasteiger partial charge in [-0.25, -0.2) is 0 Å². The number of H-pyrrole nitrogens is 1. The van der Waals surface area contributed by atoms with E-state index in [0.29, 0.717) is 0 Å². The van der Waals surface area contributed by atoms with E-state index in [1.165, 1.54) is 0 Å². The molecule has 0 fully saturated rings. The molecule has 0 spiro atoms. The standard InChI is InChI=1S/C8H6ClNS2/c9-5-2-1-3-6-7(4-5)12-8(11)10-6/h1,3-4H,2H2,(H,10,11). The number of hydrogen-bond donors (Lipinski definition) is 1. The van der Waals surface area contributed by atoms with Crippen LogP contribution in [0.15, 0.2) is 11.1 Å². The van der Waals surface area contributed by atoms with Crippen LogP contribution in [0, 0.1) is 3.95 Å². The van der Waals surface area contributed by atoms with Crippen molar-refractivity contribution in [3.63, 3.8) is 0 Å². The molecule has 1 aliphatic carbocycles. The van der Waals surface area contributed by atoms with Crippen LogP contribution >= 0.6 is 35.2 Å². The predicted octanol–water partition coefficient (Wildman–Crippen LogP) is 3.80. The van der Waals surface area contributed by atoms with E-state index in [9.17, 15) is 0 Å². The van der Waals surface area contributed by atoms with Gasteiger partial charge in [0.1, 0.15) is 0 Å². The van der Waals surface area contributed by atoms with Crippen molar-refractivity contribution in [2.45, 2.75) is 6.42 Å². The summed E-state index contributed by atoms with van der Waals surface area (Å²) in [6, 6.07) is 0. The minimum absolute atomic E-state index is 0.798. The van der Waals surface area contributed by atoms with E-state index in [0.717, 1.165) is 26.0 Å². The van der Waals surface area contributed by atoms with E-state index in [1.807, 2.05) is 18.2 Å². The second-order valence-corrected chi connectivity index (χ2v) is 4.69. The number of halogens is 1. The second-order valence-electron chi connectivity index (χ2n) is 2.49. The van der Waals surface area contributed by atoms with Crippen molar-refractivity contribution < 1.29 is 0 Å². The summed E-state index contributed by atoms with van der Waals surface area (Å²) < 4.78 is 0.798. The molecule has 1 nitrogen and oxygen atoms in total. The SMILES string of the molecule is S=c1[nH]c2c(s1)C=C(Cl)CC=C2. The maximum absolute atomic E-state index is 5.93. The molecular weight excluding hydrogens is 210 g/mol. The normalized spacial score (nSPS) is 15.2. The topological polar surface area (TPSA) is 15.8 Å². The van der Waals surface area contributed by atoms with Gasteiger partial charge in [-0.1, -0.05) is 17.7 Å². The highest BCUT2D eigenvalue weighted by Gasteiger charge is 2.04. The van der Waals surface area contributed by atoms with Crippen molar-refractivity contribution in [2.75, 3.05) is 0 Å². The summed E-state index contributed by atoms with van der Waals surface area (Å²) >= 11 is 12.5. The molecular formula is C8H6ClNS2. The number of aromatic amines is 1. The third-order valence-corrected chi connectivity index (χ3v) is 3.05. The van der Waals surface area contributed by atoms with E-state index in [-0.39, 0.29) is 0 Å². The highest BCUT2D eigenvalue weighted by Crippen LogP contribution is 2.26. The van der Waals surface area contributed by atoms with Crippen LogP contribution < -0.4 is 0 Å². The summed E-state index contributed by atoms with van der Waals surface area (Å²) in [6.45, 7) is 0. The van der Waals surface area contributed by atoms with Crippen LogP contribution in [0.3, 0.4) is 0 Å². The molecule has 2 rings (SSSR count). The molecule has 62 valence electrons. The van der Waals surface area contributed by atoms with E-state index in [2.05, 4.69) is 4.98 Å². The Morgan fingerprint density at radius 3 is 3.25 bits per heavy atom. The maximum Gasteiger partial charge on any atom is 0.159 e. The molecule has 0 bridgehead atoms. The summed E-state index contributed by atoms with van der Waals surface area (Å²) in [5.74, 6) is 0. The summed E-state index contributed by atoms with van der Waals surface area (Å²) in [5.41, 5.74) is 1.07. The quantitative estimate of drug-likeness (QED) is 0.651. The zero-order chi connectivity index (χ0) is 8.55. The minimum atomic E-state index is 0.798. The molecule has 0 saturated heterocycles. The van der Waals surface area contributed by atoms with Gasteiger partial charge >= 0.3 is 0 Å². The first-order valence-electron chi connectivity index (χ1n) is 3.51. The zero-order valence-corrected chi connectivity index (χ0v) is 8.52. The molecule has 1 heterocycles. The molecule has 0 saturated carbocycles. The first-order chi connectivity index (χ1) is 5.75. The summed E-state index contributed by atoms with van der Waals surface area (Å²) in [6.07, 6.45) is 6.83. The largest absolute Gasteiger partial charge is 0.337 e. The Morgan fingerprint density at radius 1 is 1.58 bits per heavy atom. The van der Waals surface area contributed by atoms with E-state index in [4.69, 9.17) is 23.8 Å². The van der Waals surface area contributed by atoms with Gasteiger partial charge in [0.05, 0.1) is 10.6 Å². The van der Waals surface area contributed by atoms with Crippen LogP contribution in [-0.2, 0) is 0 Å². The summed E-state index contributed by atoms with van der Waals surface area (Å²) in [5, 5.41) is 0.857. The van der Waals surface area contributed by atoms with Gasteiger partial charge in [-0.2, -0.15) is 0 Å². The van der Waals surface area contributed by atoms with Crippen molar-refractivity contribution >= 4 is 47.3 Å². The molecule has 0 aromatic carbocycles. The fourth-order valence-corrected chi connectivity index (χ4v) is 2.51. The average Bonchev–Trinajstić information content (AvgIpc) is 2.23. The van der Waals surface area contributed by atoms with Crippen LogP contribution in [0.25, 0.3) is 12.2 Å². The van der Waals surface area contributed by atoms with Gasteiger partial charge in [-0.15, -0.1) is 11.3 Å². The smallest absolute Gasteiger partial charge is 0.159 e. The van der Waals surface area contributed by atoms with Crippen molar-refractivity contribution in [3.05, 3.63) is 25.6 Å². The van der Waals surface area contributed by atoms with Crippen molar-refractivity contribution in [3.8, 4) is 0 Å². The molecule has 0 radical (unpaired) electrons. The van der Waals surface area contributed by atoms with Crippen LogP contribution in [0.2, 0.25) is 0 Å². The van der Waals surface area contributed by atoms with Gasteiger partial charge in [0, 0.05) is 11.5 Å². The highest BCUT2D eigenvalue weighted by molar-refractivity contribution is 7.73. The molecule has 0 amide bonds. The van der Waals surface area contributed by atoms with Gasteiger partial charge in [-0.05, 0) is 24.4 Å². The molecule has 1 N–H and O–H groups in total. The van der Waals surface area contributed by atoms with E-state index < -0.39 is 0 Å². The number of nitrogens with one attached hydrogen (secondary N) is 1. The lowest BCUT2D eigenvalue weighted by Gasteiger charge is -1.87. The number of thiazole rings is 1. The van der Waals surface area contributed by atoms with Gasteiger partial charge in [0.25, 0.3) is 0 Å². The molecule has 1 aromatic heterocycles. The Hall–Kier alpha value is -0.380. The third kappa shape index (κ3) is 1.53. The Kier molecular flexibility index (Phi) is 2.17. The predicted molar refractivity (Wildman–Crippen MR) is 57.0 cm³/mol. The summed E-state index contributed by atoms with van der Waals surface area (Å²) in [4.78, 5) is 4.22. The van der Waals surface area contributed by atoms with Gasteiger partial charge < -0.3 is 4.98 Å². The average molecular weight is 216 g/mol. The molecule has 1 aromatic rings. The third-order valence-electron chi connectivity index (χ3n) is 1.59. The number of hydrogen-bond acceptors (Lipinski definition) is 2. The molecule has 4 heteroatoms. The molecule has 12 heavy (non-hydrogen) atoms. The van der Waals surface area contributed by atoms with Crippen LogP contribution in [0.4, 0.5) is 0 Å². The van der Waals surface area contributed by atoms with Gasteiger partial charge in [0.15, 0.2) is 3.95 Å². The number of rotatable bonds is 0. The lowest BCUT2D eigenvalue weighted by atomic mass is 10.3. The van der Waals surface area contributed by atoms with E-state index in [1.54, 1.807) is 11.3 Å². The fourth-order valence-electron chi connectivity index (χ4n) is 1.07. The zero-order valence-electron chi connectivity index (χ0n) is 6.13. The fraction of sp³-hybridized carbons (Fsp3) is 0.125. The Labute approximate surface area is 84.4 Å². The second kappa shape index (κ2) is 3.17. The lowest BCUT2D eigenvalue weighted by molar-refractivity contribution is 1.35. The van der Waals surface area contributed by atoms with Crippen molar-refractivity contribution in [1.82, 2.24) is 4.98 Å². The van der Waals surface area contributed by atoms with Crippen molar-refractivity contribution in [2.24, 2.45) is 0 Å². The first-order valence-corrected chi connectivity index (χ1v) is 5.12. The van der Waals surface area contributed by atoms with Crippen LogP contribution in [0.1, 0.15) is 17.0 Å². The highest BCUT2D eigenvalue weighted by atomic mass is 35.5.